The number of nitrogens with one attached hydrogen (secondary N) is 2. The summed E-state index contributed by atoms with van der Waals surface area (Å²) in [6.45, 7) is 2.38. The van der Waals surface area contributed by atoms with E-state index in [0.29, 0.717) is 34.4 Å². The Morgan fingerprint density at radius 2 is 1.91 bits per heavy atom. The Labute approximate surface area is 186 Å². The Morgan fingerprint density at radius 3 is 2.56 bits per heavy atom. The Hall–Kier alpha value is -3.79. The van der Waals surface area contributed by atoms with Crippen molar-refractivity contribution in [1.82, 2.24) is 24.8 Å². The van der Waals surface area contributed by atoms with Crippen LogP contribution in [0.3, 0.4) is 0 Å². The van der Waals surface area contributed by atoms with Gasteiger partial charge in [0, 0.05) is 19.2 Å². The number of anilines is 2. The van der Waals surface area contributed by atoms with Gasteiger partial charge in [0.2, 0.25) is 11.7 Å². The topological polar surface area (TPSA) is 94.0 Å². The number of benzene rings is 2. The van der Waals surface area contributed by atoms with Gasteiger partial charge in [0.05, 0.1) is 16.9 Å². The number of carbonyl (C=O) groups is 1. The Morgan fingerprint density at radius 1 is 1.19 bits per heavy atom. The lowest BCUT2D eigenvalue weighted by atomic mass is 10.2. The number of nitrogens with zero attached hydrogens (tertiary/aromatic N) is 4. The van der Waals surface area contributed by atoms with E-state index in [2.05, 4.69) is 25.6 Å². The van der Waals surface area contributed by atoms with Gasteiger partial charge in [0.15, 0.2) is 17.3 Å². The normalized spacial score (nSPS) is 10.9. The molecule has 2 N–H and O–H groups in total. The lowest BCUT2D eigenvalue weighted by Gasteiger charge is -2.10. The van der Waals surface area contributed by atoms with E-state index in [0.717, 1.165) is 12.1 Å². The summed E-state index contributed by atoms with van der Waals surface area (Å²) < 4.78 is 35.8. The fourth-order valence-electron chi connectivity index (χ4n) is 3.05. The van der Waals surface area contributed by atoms with Crippen LogP contribution in [-0.4, -0.2) is 32.5 Å². The van der Waals surface area contributed by atoms with Gasteiger partial charge in [-0.1, -0.05) is 23.7 Å². The van der Waals surface area contributed by atoms with Gasteiger partial charge in [-0.3, -0.25) is 9.36 Å². The molecule has 0 radical (unpaired) electrons. The number of aromatic nitrogens is 4. The summed E-state index contributed by atoms with van der Waals surface area (Å²) in [6, 6.07) is 8.66. The third kappa shape index (κ3) is 4.04. The second-order valence-electron chi connectivity index (χ2n) is 6.60. The number of carbonyl (C=O) groups excluding carboxylic acids is 1. The maximum absolute atomic E-state index is 14.4. The van der Waals surface area contributed by atoms with Crippen molar-refractivity contribution >= 4 is 40.3 Å². The smallest absolute Gasteiger partial charge is 0.324 e. The van der Waals surface area contributed by atoms with Crippen LogP contribution in [0.25, 0.3) is 11.2 Å². The summed E-state index contributed by atoms with van der Waals surface area (Å²) in [5.74, 6) is -2.99. The van der Waals surface area contributed by atoms with Gasteiger partial charge in [0.25, 0.3) is 5.91 Å². The summed E-state index contributed by atoms with van der Waals surface area (Å²) in [5.41, 5.74) is 1.33. The predicted octanol–water partition coefficient (Wildman–Crippen LogP) is 4.67. The number of imidazole rings is 1. The zero-order valence-electron chi connectivity index (χ0n) is 17.0. The lowest BCUT2D eigenvalue weighted by Crippen LogP contribution is -2.18. The van der Waals surface area contributed by atoms with Gasteiger partial charge in [-0.05, 0) is 31.2 Å². The van der Waals surface area contributed by atoms with E-state index in [1.54, 1.807) is 16.7 Å². The molecule has 0 saturated heterocycles. The quantitative estimate of drug-likeness (QED) is 0.436. The molecule has 0 bridgehead atoms. The highest BCUT2D eigenvalue weighted by Crippen LogP contribution is 2.30. The molecule has 2 aromatic heterocycles. The second-order valence-corrected chi connectivity index (χ2v) is 7.00. The first-order chi connectivity index (χ1) is 15.4. The Bertz CT molecular complexity index is 1300. The first kappa shape index (κ1) is 21.4. The predicted molar refractivity (Wildman–Crippen MR) is 116 cm³/mol. The van der Waals surface area contributed by atoms with Crippen molar-refractivity contribution in [1.29, 1.82) is 0 Å². The van der Waals surface area contributed by atoms with Crippen LogP contribution in [0.1, 0.15) is 17.3 Å². The van der Waals surface area contributed by atoms with Gasteiger partial charge in [0.1, 0.15) is 5.52 Å². The van der Waals surface area contributed by atoms with Crippen LogP contribution in [0.4, 0.5) is 20.4 Å². The minimum absolute atomic E-state index is 0.175. The fourth-order valence-corrected chi connectivity index (χ4v) is 3.24. The molecule has 0 atom stereocenters. The monoisotopic (exact) mass is 458 g/mol. The van der Waals surface area contributed by atoms with Crippen LogP contribution in [0.5, 0.6) is 11.8 Å². The maximum Gasteiger partial charge on any atom is 0.324 e. The van der Waals surface area contributed by atoms with Gasteiger partial charge < -0.3 is 15.4 Å². The first-order valence-corrected chi connectivity index (χ1v) is 9.92. The molecule has 164 valence electrons. The number of amides is 1. The molecule has 0 saturated carbocycles. The van der Waals surface area contributed by atoms with Crippen molar-refractivity contribution in [3.63, 3.8) is 0 Å². The van der Waals surface area contributed by atoms with Crippen molar-refractivity contribution < 1.29 is 18.3 Å². The molecule has 1 amide bonds. The number of halogens is 3. The summed E-state index contributed by atoms with van der Waals surface area (Å²) in [4.78, 5) is 24.3. The van der Waals surface area contributed by atoms with E-state index in [-0.39, 0.29) is 11.6 Å². The largest absolute Gasteiger partial charge is 0.418 e. The number of hydrogen-bond acceptors (Lipinski definition) is 6. The molecule has 32 heavy (non-hydrogen) atoms. The van der Waals surface area contributed by atoms with Crippen LogP contribution >= 0.6 is 11.6 Å². The molecule has 11 heteroatoms. The molecule has 0 aliphatic carbocycles. The number of ether oxygens (including phenoxy) is 1. The van der Waals surface area contributed by atoms with Crippen LogP contribution in [0, 0.1) is 11.6 Å². The van der Waals surface area contributed by atoms with Crippen molar-refractivity contribution in [3.8, 4) is 11.8 Å². The Kier molecular flexibility index (Phi) is 5.87. The molecule has 0 fully saturated rings. The molecule has 2 aromatic carbocycles. The SMILES string of the molecule is CCn1c(Nc2ccccc2Cl)nc2cnc(Oc3c(F)cc(C(=O)NC)cc3F)nc21. The van der Waals surface area contributed by atoms with E-state index in [1.807, 2.05) is 19.1 Å². The van der Waals surface area contributed by atoms with Crippen molar-refractivity contribution in [2.45, 2.75) is 13.5 Å². The summed E-state index contributed by atoms with van der Waals surface area (Å²) in [7, 11) is 1.36. The third-order valence-corrected chi connectivity index (χ3v) is 4.91. The molecular weight excluding hydrogens is 442 g/mol. The Balaban J connectivity index is 1.68. The molecule has 0 spiro atoms. The van der Waals surface area contributed by atoms with Crippen LogP contribution in [-0.2, 0) is 6.54 Å². The minimum Gasteiger partial charge on any atom is -0.418 e. The molecular formula is C21H17ClF2N6O2. The molecule has 4 aromatic rings. The number of hydrogen-bond donors (Lipinski definition) is 2. The maximum atomic E-state index is 14.4. The highest BCUT2D eigenvalue weighted by Gasteiger charge is 2.19. The van der Waals surface area contributed by atoms with Crippen molar-refractivity contribution in [2.75, 3.05) is 12.4 Å². The van der Waals surface area contributed by atoms with E-state index in [9.17, 15) is 13.6 Å². The average molecular weight is 459 g/mol. The van der Waals surface area contributed by atoms with Crippen LogP contribution < -0.4 is 15.4 Å². The summed E-state index contributed by atoms with van der Waals surface area (Å²) >= 11 is 6.21. The van der Waals surface area contributed by atoms with Crippen LogP contribution in [0.15, 0.2) is 42.6 Å². The van der Waals surface area contributed by atoms with E-state index >= 15 is 0 Å². The zero-order valence-corrected chi connectivity index (χ0v) is 17.7. The number of aryl methyl sites for hydroxylation is 1. The molecule has 8 nitrogen and oxygen atoms in total. The molecule has 4 rings (SSSR count). The molecule has 0 unspecified atom stereocenters. The lowest BCUT2D eigenvalue weighted by molar-refractivity contribution is 0.0962. The second kappa shape index (κ2) is 8.75. The van der Waals surface area contributed by atoms with Gasteiger partial charge >= 0.3 is 6.01 Å². The minimum atomic E-state index is -1.06. The number of fused-ring (bicyclic) bond motifs is 1. The zero-order chi connectivity index (χ0) is 22.8. The highest BCUT2D eigenvalue weighted by molar-refractivity contribution is 6.33. The third-order valence-electron chi connectivity index (χ3n) is 4.58. The first-order valence-electron chi connectivity index (χ1n) is 9.55. The van der Waals surface area contributed by atoms with Gasteiger partial charge in [-0.2, -0.15) is 4.98 Å². The molecule has 0 aliphatic rings. The number of rotatable bonds is 6. The summed E-state index contributed by atoms with van der Waals surface area (Å²) in [6.07, 6.45) is 1.39. The summed E-state index contributed by atoms with van der Waals surface area (Å²) in [5, 5.41) is 5.96. The van der Waals surface area contributed by atoms with E-state index < -0.39 is 23.3 Å². The molecule has 2 heterocycles. The van der Waals surface area contributed by atoms with E-state index in [1.165, 1.54) is 13.2 Å². The standard InChI is InChI=1S/C21H17ClF2N6O2/c1-3-30-18-16(28-20(30)27-15-7-5-4-6-12(15)22)10-26-21(29-18)32-17-13(23)8-11(9-14(17)24)19(31)25-2/h4-10H,3H2,1-2H3,(H,25,31)(H,27,28). The molecule has 0 aliphatic heterocycles. The van der Waals surface area contributed by atoms with Gasteiger partial charge in [-0.15, -0.1) is 0 Å². The van der Waals surface area contributed by atoms with Crippen LogP contribution in [0.2, 0.25) is 5.02 Å². The van der Waals surface area contributed by atoms with Crippen molar-refractivity contribution in [3.05, 3.63) is 64.8 Å². The average Bonchev–Trinajstić information content (AvgIpc) is 3.13. The fraction of sp³-hybridized carbons (Fsp3) is 0.143. The van der Waals surface area contributed by atoms with Crippen molar-refractivity contribution in [2.24, 2.45) is 0 Å². The highest BCUT2D eigenvalue weighted by atomic mass is 35.5. The van der Waals surface area contributed by atoms with Gasteiger partial charge in [-0.25, -0.2) is 18.7 Å². The number of para-hydroxylation sites is 1. The van der Waals surface area contributed by atoms with E-state index in [4.69, 9.17) is 16.3 Å².